The minimum atomic E-state index is 0.0517. The molecule has 1 aliphatic heterocycles. The molecule has 0 N–H and O–H groups in total. The molecule has 1 unspecified atom stereocenters. The number of allylic oxidation sites excluding steroid dienone is 2. The number of rotatable bonds is 0. The molecule has 0 amide bonds. The second-order valence-corrected chi connectivity index (χ2v) is 6.79. The van der Waals surface area contributed by atoms with Crippen molar-refractivity contribution in [1.29, 1.82) is 0 Å². The number of likely N-dealkylation sites (N-methyl/N-ethyl adjacent to an activating group) is 1. The Morgan fingerprint density at radius 3 is 2.79 bits per heavy atom. The normalized spacial score (nSPS) is 20.0. The molecule has 5 rings (SSSR count). The van der Waals surface area contributed by atoms with Crippen LogP contribution in [0.5, 0.6) is 0 Å². The third-order valence-corrected chi connectivity index (χ3v) is 5.35. The molecule has 116 valence electrons. The van der Waals surface area contributed by atoms with Crippen LogP contribution in [0, 0.1) is 0 Å². The molecule has 1 heterocycles. The fraction of sp³-hybridized carbons (Fsp3) is 0.0952. The summed E-state index contributed by atoms with van der Waals surface area (Å²) in [5, 5.41) is 0.593. The third-order valence-electron chi connectivity index (χ3n) is 5.12. The smallest absolute Gasteiger partial charge is 0.194 e. The maximum atomic E-state index is 13.0. The first kappa shape index (κ1) is 13.8. The molecule has 0 saturated carbocycles. The predicted molar refractivity (Wildman–Crippen MR) is 97.8 cm³/mol. The number of halogens is 1. The minimum absolute atomic E-state index is 0.0517. The molecule has 2 aromatic rings. The Morgan fingerprint density at radius 1 is 1.04 bits per heavy atom. The van der Waals surface area contributed by atoms with Gasteiger partial charge in [-0.1, -0.05) is 54.1 Å². The van der Waals surface area contributed by atoms with Gasteiger partial charge in [0.15, 0.2) is 5.78 Å². The van der Waals surface area contributed by atoms with Gasteiger partial charge < -0.3 is 4.90 Å². The Kier molecular flexibility index (Phi) is 2.71. The molecule has 3 aliphatic rings. The Hall–Kier alpha value is -2.58. The molecular weight excluding hydrogens is 318 g/mol. The van der Waals surface area contributed by atoms with Crippen LogP contribution in [0.4, 0.5) is 5.69 Å². The molecule has 0 radical (unpaired) electrons. The summed E-state index contributed by atoms with van der Waals surface area (Å²) >= 11 is 6.16. The summed E-state index contributed by atoms with van der Waals surface area (Å²) in [5.41, 5.74) is 6.99. The van der Waals surface area contributed by atoms with Crippen LogP contribution in [0.1, 0.15) is 27.0 Å². The number of ketones is 1. The molecule has 2 nitrogen and oxygen atoms in total. The second-order valence-electron chi connectivity index (χ2n) is 6.35. The van der Waals surface area contributed by atoms with Crippen molar-refractivity contribution in [2.24, 2.45) is 0 Å². The first-order valence-electron chi connectivity index (χ1n) is 7.96. The van der Waals surface area contributed by atoms with E-state index >= 15 is 0 Å². The van der Waals surface area contributed by atoms with E-state index in [2.05, 4.69) is 42.3 Å². The number of anilines is 1. The van der Waals surface area contributed by atoms with Crippen LogP contribution < -0.4 is 4.90 Å². The average molecular weight is 332 g/mol. The van der Waals surface area contributed by atoms with Crippen molar-refractivity contribution in [2.75, 3.05) is 11.9 Å². The Balaban J connectivity index is 1.95. The molecule has 0 spiro atoms. The zero-order valence-corrected chi connectivity index (χ0v) is 13.8. The van der Waals surface area contributed by atoms with Crippen molar-refractivity contribution >= 4 is 28.6 Å². The zero-order valence-electron chi connectivity index (χ0n) is 13.1. The van der Waals surface area contributed by atoms with Gasteiger partial charge in [-0.3, -0.25) is 4.79 Å². The number of carbonyl (C=O) groups excluding carboxylic acids is 1. The molecule has 1 atom stereocenters. The molecule has 24 heavy (non-hydrogen) atoms. The largest absolute Gasteiger partial charge is 0.364 e. The highest BCUT2D eigenvalue weighted by molar-refractivity contribution is 6.32. The molecule has 0 aromatic heterocycles. The lowest BCUT2D eigenvalue weighted by Crippen LogP contribution is -2.37. The molecule has 2 aliphatic carbocycles. The summed E-state index contributed by atoms with van der Waals surface area (Å²) in [6, 6.07) is 11.8. The van der Waals surface area contributed by atoms with Crippen LogP contribution in [0.3, 0.4) is 0 Å². The summed E-state index contributed by atoms with van der Waals surface area (Å²) in [6.45, 7) is 0. The fourth-order valence-electron chi connectivity index (χ4n) is 4.04. The Morgan fingerprint density at radius 2 is 1.92 bits per heavy atom. The molecule has 3 heteroatoms. The summed E-state index contributed by atoms with van der Waals surface area (Å²) in [6.07, 6.45) is 8.50. The standard InChI is InChI=1S/C21H14ClNO/c1-23-17-7-3-2-5-14(17)19-13-10-9-12(22)11-16(13)21(24)15-6-4-8-18(23)20(15)19/h2-11,17H,1H3. The number of hydrogen-bond donors (Lipinski definition) is 0. The van der Waals surface area contributed by atoms with Crippen molar-refractivity contribution < 1.29 is 4.79 Å². The highest BCUT2D eigenvalue weighted by atomic mass is 35.5. The van der Waals surface area contributed by atoms with E-state index in [1.807, 2.05) is 24.3 Å². The van der Waals surface area contributed by atoms with Gasteiger partial charge in [0.2, 0.25) is 0 Å². The van der Waals surface area contributed by atoms with Crippen molar-refractivity contribution in [3.8, 4) is 0 Å². The summed E-state index contributed by atoms with van der Waals surface area (Å²) in [5.74, 6) is 0.0517. The highest BCUT2D eigenvalue weighted by Crippen LogP contribution is 2.48. The van der Waals surface area contributed by atoms with Gasteiger partial charge in [0, 0.05) is 34.4 Å². The molecule has 2 aromatic carbocycles. The van der Waals surface area contributed by atoms with Gasteiger partial charge in [-0.05, 0) is 34.9 Å². The van der Waals surface area contributed by atoms with Gasteiger partial charge in [0.25, 0.3) is 0 Å². The highest BCUT2D eigenvalue weighted by Gasteiger charge is 2.37. The fourth-order valence-corrected chi connectivity index (χ4v) is 4.21. The quantitative estimate of drug-likeness (QED) is 0.598. The van der Waals surface area contributed by atoms with E-state index in [0.29, 0.717) is 10.6 Å². The van der Waals surface area contributed by atoms with Gasteiger partial charge in [-0.15, -0.1) is 0 Å². The van der Waals surface area contributed by atoms with Crippen LogP contribution in [0.25, 0.3) is 5.57 Å². The van der Waals surface area contributed by atoms with Crippen LogP contribution in [-0.4, -0.2) is 18.9 Å². The van der Waals surface area contributed by atoms with Gasteiger partial charge in [0.05, 0.1) is 6.04 Å². The summed E-state index contributed by atoms with van der Waals surface area (Å²) < 4.78 is 0. The lowest BCUT2D eigenvalue weighted by molar-refractivity contribution is 0.103. The first-order chi connectivity index (χ1) is 11.7. The SMILES string of the molecule is CN1c2cccc3c2C(=C2C=CC=CC21)c1ccc(Cl)cc1C3=O. The van der Waals surface area contributed by atoms with E-state index < -0.39 is 0 Å². The average Bonchev–Trinajstić information content (AvgIpc) is 2.61. The van der Waals surface area contributed by atoms with Crippen molar-refractivity contribution in [3.05, 3.63) is 93.6 Å². The van der Waals surface area contributed by atoms with Crippen molar-refractivity contribution in [2.45, 2.75) is 6.04 Å². The lowest BCUT2D eigenvalue weighted by Gasteiger charge is -2.40. The monoisotopic (exact) mass is 331 g/mol. The van der Waals surface area contributed by atoms with Gasteiger partial charge in [0.1, 0.15) is 0 Å². The third kappa shape index (κ3) is 1.64. The van der Waals surface area contributed by atoms with Gasteiger partial charge in [-0.2, -0.15) is 0 Å². The Labute approximate surface area is 145 Å². The van der Waals surface area contributed by atoms with Crippen LogP contribution in [0.15, 0.2) is 66.3 Å². The maximum absolute atomic E-state index is 13.0. The number of benzene rings is 2. The van der Waals surface area contributed by atoms with Crippen molar-refractivity contribution in [3.63, 3.8) is 0 Å². The van der Waals surface area contributed by atoms with Gasteiger partial charge in [-0.25, -0.2) is 0 Å². The number of fused-ring (bicyclic) bond motifs is 3. The zero-order chi connectivity index (χ0) is 16.4. The van der Waals surface area contributed by atoms with Crippen LogP contribution >= 0.6 is 11.6 Å². The second kappa shape index (κ2) is 4.71. The summed E-state index contributed by atoms with van der Waals surface area (Å²) in [4.78, 5) is 15.3. The predicted octanol–water partition coefficient (Wildman–Crippen LogP) is 4.63. The molecule has 0 bridgehead atoms. The van der Waals surface area contributed by atoms with E-state index in [1.54, 1.807) is 6.07 Å². The topological polar surface area (TPSA) is 20.3 Å². The lowest BCUT2D eigenvalue weighted by atomic mass is 9.74. The molecule has 0 saturated heterocycles. The van der Waals surface area contributed by atoms with E-state index in [0.717, 1.165) is 28.0 Å². The van der Waals surface area contributed by atoms with E-state index in [-0.39, 0.29) is 11.8 Å². The maximum Gasteiger partial charge on any atom is 0.194 e. The number of hydrogen-bond acceptors (Lipinski definition) is 2. The van der Waals surface area contributed by atoms with E-state index in [4.69, 9.17) is 11.6 Å². The summed E-state index contributed by atoms with van der Waals surface area (Å²) in [7, 11) is 2.09. The van der Waals surface area contributed by atoms with E-state index in [9.17, 15) is 4.79 Å². The minimum Gasteiger partial charge on any atom is -0.364 e. The Bertz CT molecular complexity index is 1010. The van der Waals surface area contributed by atoms with Crippen molar-refractivity contribution in [1.82, 2.24) is 0 Å². The van der Waals surface area contributed by atoms with Gasteiger partial charge >= 0.3 is 0 Å². The molecular formula is C21H14ClNO. The van der Waals surface area contributed by atoms with E-state index in [1.165, 1.54) is 5.57 Å². The number of nitrogens with zero attached hydrogens (tertiary/aromatic N) is 1. The number of carbonyl (C=O) groups is 1. The first-order valence-corrected chi connectivity index (χ1v) is 8.34. The van der Waals surface area contributed by atoms with Crippen LogP contribution in [-0.2, 0) is 0 Å². The molecule has 0 fully saturated rings. The van der Waals surface area contributed by atoms with Crippen LogP contribution in [0.2, 0.25) is 5.02 Å².